The van der Waals surface area contributed by atoms with Crippen LogP contribution in [0, 0.1) is 5.92 Å². The Morgan fingerprint density at radius 2 is 2.14 bits per heavy atom. The second-order valence-electron chi connectivity index (χ2n) is 4.77. The third-order valence-corrected chi connectivity index (χ3v) is 4.54. The van der Waals surface area contributed by atoms with Gasteiger partial charge in [0.2, 0.25) is 0 Å². The van der Waals surface area contributed by atoms with E-state index in [1.54, 1.807) is 0 Å². The van der Waals surface area contributed by atoms with Crippen LogP contribution >= 0.6 is 11.8 Å². The Morgan fingerprint density at radius 1 is 1.36 bits per heavy atom. The maximum absolute atomic E-state index is 3.59. The molecule has 1 aliphatic rings. The molecule has 0 saturated heterocycles. The molecule has 1 fully saturated rings. The van der Waals surface area contributed by atoms with Crippen LogP contribution < -0.4 is 5.32 Å². The Bertz CT molecular complexity index is 145. The summed E-state index contributed by atoms with van der Waals surface area (Å²) in [5, 5.41) is 4.51. The Morgan fingerprint density at radius 3 is 2.79 bits per heavy atom. The molecule has 0 aromatic rings. The molecule has 0 aliphatic heterocycles. The van der Waals surface area contributed by atoms with E-state index in [1.807, 2.05) is 0 Å². The summed E-state index contributed by atoms with van der Waals surface area (Å²) >= 11 is 2.20. The Labute approximate surface area is 93.4 Å². The summed E-state index contributed by atoms with van der Waals surface area (Å²) in [6.45, 7) is 7.98. The van der Waals surface area contributed by atoms with Crippen LogP contribution in [0.25, 0.3) is 0 Å². The highest BCUT2D eigenvalue weighted by atomic mass is 32.2. The fourth-order valence-electron chi connectivity index (χ4n) is 2.10. The van der Waals surface area contributed by atoms with Gasteiger partial charge in [-0.2, -0.15) is 11.8 Å². The Kier molecular flexibility index (Phi) is 5.95. The molecule has 0 bridgehead atoms. The summed E-state index contributed by atoms with van der Waals surface area (Å²) < 4.78 is 0. The van der Waals surface area contributed by atoms with Crippen molar-refractivity contribution < 1.29 is 0 Å². The maximum atomic E-state index is 3.59. The van der Waals surface area contributed by atoms with Gasteiger partial charge in [-0.3, -0.25) is 0 Å². The Hall–Kier alpha value is 0.310. The lowest BCUT2D eigenvalue weighted by Crippen LogP contribution is -2.35. The fourth-order valence-corrected chi connectivity index (χ4v) is 3.46. The average Bonchev–Trinajstić information content (AvgIpc) is 2.16. The minimum atomic E-state index is 0.804. The zero-order chi connectivity index (χ0) is 10.4. The first-order valence-electron chi connectivity index (χ1n) is 6.07. The lowest BCUT2D eigenvalue weighted by atomic mass is 9.95. The summed E-state index contributed by atoms with van der Waals surface area (Å²) in [6, 6.07) is 0.804. The molecule has 1 nitrogen and oxygen atoms in total. The van der Waals surface area contributed by atoms with Crippen LogP contribution in [0.5, 0.6) is 0 Å². The highest BCUT2D eigenvalue weighted by Crippen LogP contribution is 2.29. The second kappa shape index (κ2) is 6.73. The highest BCUT2D eigenvalue weighted by Gasteiger charge is 2.21. The molecular weight excluding hydrogens is 190 g/mol. The molecule has 2 atom stereocenters. The van der Waals surface area contributed by atoms with Gasteiger partial charge in [0, 0.05) is 11.3 Å². The van der Waals surface area contributed by atoms with Crippen molar-refractivity contribution in [1.82, 2.24) is 5.32 Å². The molecule has 1 N–H and O–H groups in total. The molecule has 84 valence electrons. The molecule has 1 rings (SSSR count). The van der Waals surface area contributed by atoms with Crippen molar-refractivity contribution in [3.05, 3.63) is 0 Å². The van der Waals surface area contributed by atoms with E-state index in [1.165, 1.54) is 31.4 Å². The standard InChI is InChI=1S/C12H25NS/c1-4-13-11-6-5-7-12(8-11)14-9-10(2)3/h10-13H,4-9H2,1-3H3. The highest BCUT2D eigenvalue weighted by molar-refractivity contribution is 7.99. The molecule has 0 aromatic heterocycles. The van der Waals surface area contributed by atoms with Gasteiger partial charge in [0.05, 0.1) is 0 Å². The summed E-state index contributed by atoms with van der Waals surface area (Å²) in [5.41, 5.74) is 0. The van der Waals surface area contributed by atoms with Crippen molar-refractivity contribution in [2.24, 2.45) is 5.92 Å². The van der Waals surface area contributed by atoms with Crippen molar-refractivity contribution in [2.45, 2.75) is 57.7 Å². The zero-order valence-corrected chi connectivity index (χ0v) is 10.7. The first kappa shape index (κ1) is 12.4. The maximum Gasteiger partial charge on any atom is 0.00774 e. The summed E-state index contributed by atoms with van der Waals surface area (Å²) in [5.74, 6) is 2.18. The largest absolute Gasteiger partial charge is 0.314 e. The summed E-state index contributed by atoms with van der Waals surface area (Å²) in [6.07, 6.45) is 5.66. The van der Waals surface area contributed by atoms with Crippen LogP contribution in [0.3, 0.4) is 0 Å². The first-order chi connectivity index (χ1) is 6.72. The molecular formula is C12H25NS. The van der Waals surface area contributed by atoms with E-state index in [0.717, 1.165) is 23.8 Å². The van der Waals surface area contributed by atoms with Crippen LogP contribution in [-0.2, 0) is 0 Å². The molecule has 1 aliphatic carbocycles. The number of hydrogen-bond donors (Lipinski definition) is 1. The van der Waals surface area contributed by atoms with Crippen LogP contribution in [0.2, 0.25) is 0 Å². The minimum Gasteiger partial charge on any atom is -0.314 e. The smallest absolute Gasteiger partial charge is 0.00774 e. The van der Waals surface area contributed by atoms with Crippen LogP contribution in [0.4, 0.5) is 0 Å². The van der Waals surface area contributed by atoms with Gasteiger partial charge in [0.1, 0.15) is 0 Å². The molecule has 2 heteroatoms. The van der Waals surface area contributed by atoms with Crippen molar-refractivity contribution >= 4 is 11.8 Å². The monoisotopic (exact) mass is 215 g/mol. The van der Waals surface area contributed by atoms with Crippen molar-refractivity contribution in [3.8, 4) is 0 Å². The third-order valence-electron chi connectivity index (χ3n) is 2.78. The van der Waals surface area contributed by atoms with Gasteiger partial charge in [-0.15, -0.1) is 0 Å². The Balaban J connectivity index is 2.18. The summed E-state index contributed by atoms with van der Waals surface area (Å²) in [4.78, 5) is 0. The van der Waals surface area contributed by atoms with Gasteiger partial charge in [0.15, 0.2) is 0 Å². The van der Waals surface area contributed by atoms with E-state index in [9.17, 15) is 0 Å². The molecule has 1 saturated carbocycles. The molecule has 0 radical (unpaired) electrons. The predicted molar refractivity (Wildman–Crippen MR) is 67.0 cm³/mol. The first-order valence-corrected chi connectivity index (χ1v) is 7.12. The minimum absolute atomic E-state index is 0.804. The van der Waals surface area contributed by atoms with Crippen molar-refractivity contribution in [3.63, 3.8) is 0 Å². The van der Waals surface area contributed by atoms with Crippen LogP contribution in [0.15, 0.2) is 0 Å². The lowest BCUT2D eigenvalue weighted by Gasteiger charge is -2.29. The topological polar surface area (TPSA) is 12.0 Å². The quantitative estimate of drug-likeness (QED) is 0.755. The normalized spacial score (nSPS) is 28.3. The second-order valence-corrected chi connectivity index (χ2v) is 6.10. The van der Waals surface area contributed by atoms with Crippen LogP contribution in [-0.4, -0.2) is 23.6 Å². The van der Waals surface area contributed by atoms with Gasteiger partial charge in [-0.25, -0.2) is 0 Å². The predicted octanol–water partition coefficient (Wildman–Crippen LogP) is 3.30. The van der Waals surface area contributed by atoms with Crippen molar-refractivity contribution in [1.29, 1.82) is 0 Å². The van der Waals surface area contributed by atoms with E-state index in [2.05, 4.69) is 37.8 Å². The van der Waals surface area contributed by atoms with Crippen molar-refractivity contribution in [2.75, 3.05) is 12.3 Å². The van der Waals surface area contributed by atoms with Gasteiger partial charge in [-0.1, -0.05) is 27.2 Å². The zero-order valence-electron chi connectivity index (χ0n) is 9.88. The number of nitrogens with one attached hydrogen (secondary N) is 1. The number of rotatable bonds is 5. The molecule has 0 aromatic carbocycles. The van der Waals surface area contributed by atoms with E-state index in [4.69, 9.17) is 0 Å². The third kappa shape index (κ3) is 4.70. The fraction of sp³-hybridized carbons (Fsp3) is 1.00. The SMILES string of the molecule is CCNC1CCCC(SCC(C)C)C1. The van der Waals surface area contributed by atoms with Gasteiger partial charge in [0.25, 0.3) is 0 Å². The van der Waals surface area contributed by atoms with Gasteiger partial charge in [-0.05, 0) is 37.5 Å². The molecule has 0 spiro atoms. The van der Waals surface area contributed by atoms with Gasteiger partial charge >= 0.3 is 0 Å². The van der Waals surface area contributed by atoms with Gasteiger partial charge < -0.3 is 5.32 Å². The number of thioether (sulfide) groups is 1. The van der Waals surface area contributed by atoms with E-state index >= 15 is 0 Å². The lowest BCUT2D eigenvalue weighted by molar-refractivity contribution is 0.387. The molecule has 0 amide bonds. The van der Waals surface area contributed by atoms with E-state index < -0.39 is 0 Å². The molecule has 2 unspecified atom stereocenters. The average molecular weight is 215 g/mol. The van der Waals surface area contributed by atoms with E-state index in [0.29, 0.717) is 0 Å². The molecule has 0 heterocycles. The molecule has 14 heavy (non-hydrogen) atoms. The van der Waals surface area contributed by atoms with Crippen LogP contribution in [0.1, 0.15) is 46.5 Å². The van der Waals surface area contributed by atoms with E-state index in [-0.39, 0.29) is 0 Å². The number of hydrogen-bond acceptors (Lipinski definition) is 2. The summed E-state index contributed by atoms with van der Waals surface area (Å²) in [7, 11) is 0.